The molecule has 0 bridgehead atoms. The second kappa shape index (κ2) is 6.21. The van der Waals surface area contributed by atoms with Crippen LogP contribution in [0.15, 0.2) is 47.4 Å². The first-order chi connectivity index (χ1) is 8.81. The Labute approximate surface area is 110 Å². The summed E-state index contributed by atoms with van der Waals surface area (Å²) in [5, 5.41) is 0. The Morgan fingerprint density at radius 3 is 2.67 bits per heavy atom. The number of thioether (sulfide) groups is 1. The zero-order chi connectivity index (χ0) is 12.8. The summed E-state index contributed by atoms with van der Waals surface area (Å²) in [7, 11) is 1.61. The molecule has 3 nitrogen and oxygen atoms in total. The SMILES string of the molecule is COc1cccc(CSc2ccc(C=O)cc2)n1. The van der Waals surface area contributed by atoms with Gasteiger partial charge in [-0.05, 0) is 18.2 Å². The van der Waals surface area contributed by atoms with Crippen LogP contribution in [-0.2, 0) is 5.75 Å². The van der Waals surface area contributed by atoms with Gasteiger partial charge in [-0.1, -0.05) is 18.2 Å². The molecule has 1 heterocycles. The highest BCUT2D eigenvalue weighted by molar-refractivity contribution is 7.98. The number of hydrogen-bond donors (Lipinski definition) is 0. The van der Waals surface area contributed by atoms with Crippen LogP contribution in [0.4, 0.5) is 0 Å². The smallest absolute Gasteiger partial charge is 0.213 e. The van der Waals surface area contributed by atoms with Gasteiger partial charge >= 0.3 is 0 Å². The van der Waals surface area contributed by atoms with Gasteiger partial charge in [0.25, 0.3) is 0 Å². The van der Waals surface area contributed by atoms with Gasteiger partial charge in [-0.15, -0.1) is 11.8 Å². The molecule has 0 N–H and O–H groups in total. The van der Waals surface area contributed by atoms with Crippen LogP contribution >= 0.6 is 11.8 Å². The molecule has 0 unspecified atom stereocenters. The molecule has 0 aliphatic rings. The van der Waals surface area contributed by atoms with Gasteiger partial charge in [-0.2, -0.15) is 0 Å². The predicted octanol–water partition coefficient (Wildman–Crippen LogP) is 3.20. The normalized spacial score (nSPS) is 10.1. The third-order valence-electron chi connectivity index (χ3n) is 2.39. The fourth-order valence-corrected chi connectivity index (χ4v) is 2.26. The van der Waals surface area contributed by atoms with Gasteiger partial charge in [0.05, 0.1) is 12.8 Å². The molecule has 0 radical (unpaired) electrons. The zero-order valence-corrected chi connectivity index (χ0v) is 10.8. The van der Waals surface area contributed by atoms with E-state index in [2.05, 4.69) is 4.98 Å². The maximum Gasteiger partial charge on any atom is 0.213 e. The summed E-state index contributed by atoms with van der Waals surface area (Å²) in [6.45, 7) is 0. The minimum Gasteiger partial charge on any atom is -0.481 e. The lowest BCUT2D eigenvalue weighted by Crippen LogP contribution is -1.91. The molecule has 18 heavy (non-hydrogen) atoms. The summed E-state index contributed by atoms with van der Waals surface area (Å²) >= 11 is 1.68. The van der Waals surface area contributed by atoms with Crippen molar-refractivity contribution >= 4 is 18.0 Å². The summed E-state index contributed by atoms with van der Waals surface area (Å²) in [6, 6.07) is 13.2. The highest BCUT2D eigenvalue weighted by Crippen LogP contribution is 2.22. The molecule has 2 rings (SSSR count). The van der Waals surface area contributed by atoms with Crippen molar-refractivity contribution < 1.29 is 9.53 Å². The molecule has 1 aromatic carbocycles. The van der Waals surface area contributed by atoms with Crippen molar-refractivity contribution in [2.45, 2.75) is 10.6 Å². The maximum absolute atomic E-state index is 10.5. The lowest BCUT2D eigenvalue weighted by atomic mass is 10.2. The lowest BCUT2D eigenvalue weighted by molar-refractivity contribution is 0.112. The molecule has 0 atom stereocenters. The molecule has 2 aromatic rings. The van der Waals surface area contributed by atoms with Crippen LogP contribution in [-0.4, -0.2) is 18.4 Å². The Balaban J connectivity index is 1.99. The number of aldehydes is 1. The van der Waals surface area contributed by atoms with E-state index in [4.69, 9.17) is 4.74 Å². The third-order valence-corrected chi connectivity index (χ3v) is 3.44. The Morgan fingerprint density at radius 2 is 2.00 bits per heavy atom. The Hall–Kier alpha value is -1.81. The van der Waals surface area contributed by atoms with E-state index >= 15 is 0 Å². The average molecular weight is 259 g/mol. The standard InChI is InChI=1S/C14H13NO2S/c1-17-14-4-2-3-12(15-14)10-18-13-7-5-11(9-16)6-8-13/h2-9H,10H2,1H3. The van der Waals surface area contributed by atoms with E-state index in [1.807, 2.05) is 42.5 Å². The minimum atomic E-state index is 0.629. The summed E-state index contributed by atoms with van der Waals surface area (Å²) in [5.74, 6) is 1.40. The molecular formula is C14H13NO2S. The van der Waals surface area contributed by atoms with Gasteiger partial charge < -0.3 is 4.74 Å². The largest absolute Gasteiger partial charge is 0.481 e. The van der Waals surface area contributed by atoms with Crippen LogP contribution in [0.3, 0.4) is 0 Å². The molecule has 0 amide bonds. The van der Waals surface area contributed by atoms with E-state index in [1.54, 1.807) is 18.9 Å². The molecule has 0 spiro atoms. The molecule has 1 aromatic heterocycles. The number of pyridine rings is 1. The number of aromatic nitrogens is 1. The fourth-order valence-electron chi connectivity index (χ4n) is 1.45. The van der Waals surface area contributed by atoms with Crippen molar-refractivity contribution in [1.29, 1.82) is 0 Å². The van der Waals surface area contributed by atoms with Crippen LogP contribution in [0.5, 0.6) is 5.88 Å². The number of nitrogens with zero attached hydrogens (tertiary/aromatic N) is 1. The topological polar surface area (TPSA) is 39.2 Å². The van der Waals surface area contributed by atoms with Crippen LogP contribution in [0, 0.1) is 0 Å². The van der Waals surface area contributed by atoms with Crippen molar-refractivity contribution in [3.63, 3.8) is 0 Å². The first kappa shape index (κ1) is 12.6. The summed E-state index contributed by atoms with van der Waals surface area (Å²) in [4.78, 5) is 16.0. The van der Waals surface area contributed by atoms with E-state index in [1.165, 1.54) is 0 Å². The molecule has 0 aliphatic carbocycles. The molecule has 0 aliphatic heterocycles. The average Bonchev–Trinajstić information content (AvgIpc) is 2.46. The summed E-state index contributed by atoms with van der Waals surface area (Å²) in [5.41, 5.74) is 1.66. The van der Waals surface area contributed by atoms with Crippen molar-refractivity contribution in [3.8, 4) is 5.88 Å². The number of carbonyl (C=O) groups is 1. The number of hydrogen-bond acceptors (Lipinski definition) is 4. The Bertz CT molecular complexity index is 526. The number of benzene rings is 1. The van der Waals surface area contributed by atoms with Gasteiger partial charge in [0.1, 0.15) is 6.29 Å². The number of ether oxygens (including phenoxy) is 1. The number of methoxy groups -OCH3 is 1. The first-order valence-corrected chi connectivity index (χ1v) is 6.48. The first-order valence-electron chi connectivity index (χ1n) is 5.50. The van der Waals surface area contributed by atoms with Crippen LogP contribution in [0.1, 0.15) is 16.1 Å². The van der Waals surface area contributed by atoms with Crippen LogP contribution < -0.4 is 4.74 Å². The van der Waals surface area contributed by atoms with Crippen molar-refractivity contribution in [2.24, 2.45) is 0 Å². The number of rotatable bonds is 5. The number of carbonyl (C=O) groups excluding carboxylic acids is 1. The second-order valence-electron chi connectivity index (χ2n) is 3.65. The lowest BCUT2D eigenvalue weighted by Gasteiger charge is -2.03. The van der Waals surface area contributed by atoms with Crippen molar-refractivity contribution in [2.75, 3.05) is 7.11 Å². The van der Waals surface area contributed by atoms with Crippen molar-refractivity contribution in [3.05, 3.63) is 53.7 Å². The predicted molar refractivity (Wildman–Crippen MR) is 72.2 cm³/mol. The molecule has 92 valence electrons. The molecule has 0 saturated heterocycles. The minimum absolute atomic E-state index is 0.629. The molecule has 0 fully saturated rings. The van der Waals surface area contributed by atoms with Gasteiger partial charge in [-0.3, -0.25) is 4.79 Å². The fraction of sp³-hybridized carbons (Fsp3) is 0.143. The van der Waals surface area contributed by atoms with Gasteiger partial charge in [-0.25, -0.2) is 4.98 Å². The third kappa shape index (κ3) is 3.34. The second-order valence-corrected chi connectivity index (χ2v) is 4.70. The van der Waals surface area contributed by atoms with Crippen LogP contribution in [0.2, 0.25) is 0 Å². The Morgan fingerprint density at radius 1 is 1.22 bits per heavy atom. The Kier molecular flexibility index (Phi) is 4.36. The highest BCUT2D eigenvalue weighted by Gasteiger charge is 2.00. The zero-order valence-electron chi connectivity index (χ0n) is 10.00. The van der Waals surface area contributed by atoms with Gasteiger partial charge in [0.15, 0.2) is 0 Å². The molecule has 4 heteroatoms. The van der Waals surface area contributed by atoms with E-state index < -0.39 is 0 Å². The molecular weight excluding hydrogens is 246 g/mol. The van der Waals surface area contributed by atoms with E-state index in [9.17, 15) is 4.79 Å². The summed E-state index contributed by atoms with van der Waals surface area (Å²) < 4.78 is 5.08. The molecule has 0 saturated carbocycles. The van der Waals surface area contributed by atoms with Crippen molar-refractivity contribution in [1.82, 2.24) is 4.98 Å². The van der Waals surface area contributed by atoms with E-state index in [0.29, 0.717) is 11.4 Å². The van der Waals surface area contributed by atoms with Gasteiger partial charge in [0.2, 0.25) is 5.88 Å². The van der Waals surface area contributed by atoms with E-state index in [-0.39, 0.29) is 0 Å². The summed E-state index contributed by atoms with van der Waals surface area (Å²) in [6.07, 6.45) is 0.845. The highest BCUT2D eigenvalue weighted by atomic mass is 32.2. The maximum atomic E-state index is 10.5. The quantitative estimate of drug-likeness (QED) is 0.610. The van der Waals surface area contributed by atoms with E-state index in [0.717, 1.165) is 22.6 Å². The van der Waals surface area contributed by atoms with Gasteiger partial charge in [0, 0.05) is 22.3 Å². The van der Waals surface area contributed by atoms with Crippen LogP contribution in [0.25, 0.3) is 0 Å². The monoisotopic (exact) mass is 259 g/mol.